The topological polar surface area (TPSA) is 32.3 Å². The Morgan fingerprint density at radius 3 is 2.56 bits per heavy atom. The van der Waals surface area contributed by atoms with E-state index in [1.807, 2.05) is 30.3 Å². The van der Waals surface area contributed by atoms with Crippen molar-refractivity contribution in [1.29, 1.82) is 0 Å². The zero-order chi connectivity index (χ0) is 17.8. The lowest BCUT2D eigenvalue weighted by Crippen LogP contribution is -2.40. The van der Waals surface area contributed by atoms with Crippen molar-refractivity contribution in [2.45, 2.75) is 19.4 Å². The van der Waals surface area contributed by atoms with Gasteiger partial charge < -0.3 is 5.32 Å². The molecule has 3 nitrogen and oxygen atoms in total. The Kier molecular flexibility index (Phi) is 6.24. The van der Waals surface area contributed by atoms with Crippen molar-refractivity contribution in [3.8, 4) is 0 Å². The Labute approximate surface area is 162 Å². The van der Waals surface area contributed by atoms with Crippen molar-refractivity contribution in [2.24, 2.45) is 5.92 Å². The number of anilines is 1. The monoisotopic (exact) mass is 396 g/mol. The van der Waals surface area contributed by atoms with Gasteiger partial charge in [0.1, 0.15) is 0 Å². The molecule has 2 aromatic rings. The molecule has 0 aliphatic carbocycles. The van der Waals surface area contributed by atoms with Crippen LogP contribution in [0.25, 0.3) is 0 Å². The van der Waals surface area contributed by atoms with Crippen LogP contribution in [0, 0.1) is 5.92 Å². The van der Waals surface area contributed by atoms with Gasteiger partial charge in [0.2, 0.25) is 5.91 Å². The predicted octanol–water partition coefficient (Wildman–Crippen LogP) is 5.50. The fourth-order valence-electron chi connectivity index (χ4n) is 3.13. The molecule has 1 heterocycles. The summed E-state index contributed by atoms with van der Waals surface area (Å²) in [6, 6.07) is 12.7. The van der Waals surface area contributed by atoms with Crippen LogP contribution in [-0.2, 0) is 11.3 Å². The molecule has 2 aromatic carbocycles. The molecule has 1 saturated heterocycles. The third-order valence-corrected chi connectivity index (χ3v) is 5.36. The first-order valence-corrected chi connectivity index (χ1v) is 9.38. The molecule has 0 saturated carbocycles. The molecule has 1 aliphatic heterocycles. The highest BCUT2D eigenvalue weighted by molar-refractivity contribution is 6.36. The van der Waals surface area contributed by atoms with Crippen molar-refractivity contribution in [3.63, 3.8) is 0 Å². The average molecular weight is 398 g/mol. The largest absolute Gasteiger partial charge is 0.326 e. The minimum atomic E-state index is -0.0611. The fourth-order valence-corrected chi connectivity index (χ4v) is 3.84. The summed E-state index contributed by atoms with van der Waals surface area (Å²) in [6.45, 7) is 2.27. The van der Waals surface area contributed by atoms with Gasteiger partial charge in [0.05, 0.1) is 5.92 Å². The highest BCUT2D eigenvalue weighted by Crippen LogP contribution is 2.28. The molecule has 6 heteroatoms. The molecular formula is C19H19Cl3N2O. The van der Waals surface area contributed by atoms with Crippen molar-refractivity contribution < 1.29 is 4.79 Å². The maximum absolute atomic E-state index is 12.6. The number of halogens is 3. The van der Waals surface area contributed by atoms with Gasteiger partial charge >= 0.3 is 0 Å². The SMILES string of the molecule is O=C(Nc1cccc(Cl)c1)[C@H]1CCCN(Cc2c(Cl)cccc2Cl)C1. The van der Waals surface area contributed by atoms with E-state index >= 15 is 0 Å². The summed E-state index contributed by atoms with van der Waals surface area (Å²) in [5.41, 5.74) is 1.64. The molecular weight excluding hydrogens is 379 g/mol. The van der Waals surface area contributed by atoms with Crippen LogP contribution in [-0.4, -0.2) is 23.9 Å². The van der Waals surface area contributed by atoms with Gasteiger partial charge in [-0.05, 0) is 49.7 Å². The lowest BCUT2D eigenvalue weighted by atomic mass is 9.96. The first kappa shape index (κ1) is 18.5. The van der Waals surface area contributed by atoms with Gasteiger partial charge in [-0.25, -0.2) is 0 Å². The lowest BCUT2D eigenvalue weighted by Gasteiger charge is -2.32. The van der Waals surface area contributed by atoms with Crippen molar-refractivity contribution >= 4 is 46.4 Å². The molecule has 0 spiro atoms. The van der Waals surface area contributed by atoms with Crippen molar-refractivity contribution in [2.75, 3.05) is 18.4 Å². The van der Waals surface area contributed by atoms with Gasteiger partial charge in [0.15, 0.2) is 0 Å². The molecule has 25 heavy (non-hydrogen) atoms. The van der Waals surface area contributed by atoms with E-state index in [0.717, 1.165) is 30.6 Å². The van der Waals surface area contributed by atoms with Crippen LogP contribution in [0.1, 0.15) is 18.4 Å². The van der Waals surface area contributed by atoms with Gasteiger partial charge in [-0.2, -0.15) is 0 Å². The van der Waals surface area contributed by atoms with Crippen molar-refractivity contribution in [3.05, 3.63) is 63.1 Å². The van der Waals surface area contributed by atoms with Gasteiger partial charge in [-0.1, -0.05) is 46.9 Å². The summed E-state index contributed by atoms with van der Waals surface area (Å²) in [6.07, 6.45) is 1.84. The molecule has 1 atom stereocenters. The van der Waals surface area contributed by atoms with Crippen LogP contribution >= 0.6 is 34.8 Å². The number of hydrogen-bond acceptors (Lipinski definition) is 2. The van der Waals surface area contributed by atoms with Gasteiger partial charge in [0, 0.05) is 39.4 Å². The number of likely N-dealkylation sites (tertiary alicyclic amines) is 1. The third kappa shape index (κ3) is 4.89. The third-order valence-electron chi connectivity index (χ3n) is 4.41. The molecule has 0 radical (unpaired) electrons. The Bertz CT molecular complexity index is 746. The Balaban J connectivity index is 1.63. The molecule has 0 bridgehead atoms. The average Bonchev–Trinajstić information content (AvgIpc) is 2.58. The van der Waals surface area contributed by atoms with E-state index in [2.05, 4.69) is 10.2 Å². The minimum absolute atomic E-state index is 0.0252. The number of benzene rings is 2. The number of carbonyl (C=O) groups is 1. The van der Waals surface area contributed by atoms with Crippen LogP contribution < -0.4 is 5.32 Å². The van der Waals surface area contributed by atoms with Crippen molar-refractivity contribution in [1.82, 2.24) is 4.90 Å². The van der Waals surface area contributed by atoms with Crippen LogP contribution in [0.2, 0.25) is 15.1 Å². The zero-order valence-electron chi connectivity index (χ0n) is 13.6. The van der Waals surface area contributed by atoms with Gasteiger partial charge in [-0.3, -0.25) is 9.69 Å². The van der Waals surface area contributed by atoms with Crippen LogP contribution in [0.3, 0.4) is 0 Å². The first-order valence-electron chi connectivity index (χ1n) is 8.24. The molecule has 1 amide bonds. The lowest BCUT2D eigenvalue weighted by molar-refractivity contribution is -0.121. The summed E-state index contributed by atoms with van der Waals surface area (Å²) >= 11 is 18.5. The normalized spacial score (nSPS) is 18.1. The summed E-state index contributed by atoms with van der Waals surface area (Å²) in [5.74, 6) is -0.0359. The fraction of sp³-hybridized carbons (Fsp3) is 0.316. The van der Waals surface area contributed by atoms with E-state index in [9.17, 15) is 4.79 Å². The predicted molar refractivity (Wildman–Crippen MR) is 105 cm³/mol. The van der Waals surface area contributed by atoms with Crippen LogP contribution in [0.4, 0.5) is 5.69 Å². The minimum Gasteiger partial charge on any atom is -0.326 e. The molecule has 0 aromatic heterocycles. The molecule has 1 aliphatic rings. The number of nitrogens with zero attached hydrogens (tertiary/aromatic N) is 1. The highest BCUT2D eigenvalue weighted by atomic mass is 35.5. The smallest absolute Gasteiger partial charge is 0.228 e. The highest BCUT2D eigenvalue weighted by Gasteiger charge is 2.26. The Hall–Kier alpha value is -1.26. The maximum Gasteiger partial charge on any atom is 0.228 e. The summed E-state index contributed by atoms with van der Waals surface area (Å²) < 4.78 is 0. The van der Waals surface area contributed by atoms with Crippen LogP contribution in [0.5, 0.6) is 0 Å². The quantitative estimate of drug-likeness (QED) is 0.739. The molecule has 0 unspecified atom stereocenters. The van der Waals surface area contributed by atoms with E-state index in [0.29, 0.717) is 28.2 Å². The van der Waals surface area contributed by atoms with E-state index in [1.54, 1.807) is 12.1 Å². The Morgan fingerprint density at radius 1 is 1.12 bits per heavy atom. The van der Waals surface area contributed by atoms with E-state index in [4.69, 9.17) is 34.8 Å². The second-order valence-corrected chi connectivity index (χ2v) is 7.52. The number of rotatable bonds is 4. The van der Waals surface area contributed by atoms with Gasteiger partial charge in [-0.15, -0.1) is 0 Å². The molecule has 132 valence electrons. The summed E-state index contributed by atoms with van der Waals surface area (Å²) in [5, 5.41) is 4.89. The number of nitrogens with one attached hydrogen (secondary N) is 1. The van der Waals surface area contributed by atoms with E-state index in [1.165, 1.54) is 0 Å². The van der Waals surface area contributed by atoms with E-state index < -0.39 is 0 Å². The number of piperidine rings is 1. The maximum atomic E-state index is 12.6. The molecule has 1 fully saturated rings. The second kappa shape index (κ2) is 8.41. The molecule has 3 rings (SSSR count). The summed E-state index contributed by atoms with van der Waals surface area (Å²) in [7, 11) is 0. The van der Waals surface area contributed by atoms with Gasteiger partial charge in [0.25, 0.3) is 0 Å². The van der Waals surface area contributed by atoms with E-state index in [-0.39, 0.29) is 11.8 Å². The zero-order valence-corrected chi connectivity index (χ0v) is 15.9. The first-order chi connectivity index (χ1) is 12.0. The summed E-state index contributed by atoms with van der Waals surface area (Å²) in [4.78, 5) is 14.8. The number of carbonyl (C=O) groups excluding carboxylic acids is 1. The standard InChI is InChI=1S/C19H19Cl3N2O/c20-14-5-1-6-15(10-14)23-19(25)13-4-3-9-24(11-13)12-16-17(21)7-2-8-18(16)22/h1-2,5-8,10,13H,3-4,9,11-12H2,(H,23,25)/t13-/m0/s1. The Morgan fingerprint density at radius 2 is 1.84 bits per heavy atom. The number of amides is 1. The number of hydrogen-bond donors (Lipinski definition) is 1. The molecule has 1 N–H and O–H groups in total. The second-order valence-electron chi connectivity index (χ2n) is 6.27. The van der Waals surface area contributed by atoms with Crippen LogP contribution in [0.15, 0.2) is 42.5 Å².